The molecular weight excluding hydrogens is 248 g/mol. The molecule has 6 heteroatoms. The minimum atomic E-state index is -2.69. The predicted molar refractivity (Wildman–Crippen MR) is 75.4 cm³/mol. The van der Waals surface area contributed by atoms with Crippen LogP contribution in [0.2, 0.25) is 6.04 Å². The van der Waals surface area contributed by atoms with Crippen LogP contribution in [0, 0.1) is 12.3 Å². The van der Waals surface area contributed by atoms with Crippen LogP contribution in [0.25, 0.3) is 0 Å². The van der Waals surface area contributed by atoms with Crippen molar-refractivity contribution in [1.29, 1.82) is 0 Å². The lowest BCUT2D eigenvalue weighted by atomic mass is 10.6. The molecule has 106 valence electrons. The largest absolute Gasteiger partial charge is 0.513 e. The Bertz CT molecular complexity index is 240. The maximum absolute atomic E-state index is 5.80. The average Bonchev–Trinajstić information content (AvgIpc) is 2.28. The summed E-state index contributed by atoms with van der Waals surface area (Å²) in [5, 5.41) is 0. The monoisotopic (exact) mass is 274 g/mol. The standard InChI is InChI=1S/C12H26N2O3Si/c1-7-12-18(15-6,16-10-8-13(2)3)17-11-9-14(4)5/h1H,8-12H2,2-6H3. The van der Waals surface area contributed by atoms with Gasteiger partial charge in [-0.2, -0.15) is 0 Å². The lowest BCUT2D eigenvalue weighted by Gasteiger charge is -2.27. The molecule has 0 aromatic carbocycles. The number of hydrogen-bond acceptors (Lipinski definition) is 5. The second kappa shape index (κ2) is 9.50. The smallest absolute Gasteiger partial charge is 0.376 e. The van der Waals surface area contributed by atoms with Crippen molar-refractivity contribution in [3.63, 3.8) is 0 Å². The van der Waals surface area contributed by atoms with E-state index in [1.165, 1.54) is 0 Å². The van der Waals surface area contributed by atoms with E-state index in [-0.39, 0.29) is 0 Å². The summed E-state index contributed by atoms with van der Waals surface area (Å²) in [5.41, 5.74) is 0. The molecule has 0 amide bonds. The molecule has 0 aliphatic rings. The van der Waals surface area contributed by atoms with E-state index in [2.05, 4.69) is 5.92 Å². The fourth-order valence-corrected chi connectivity index (χ4v) is 2.95. The van der Waals surface area contributed by atoms with E-state index < -0.39 is 8.80 Å². The summed E-state index contributed by atoms with van der Waals surface area (Å²) < 4.78 is 17.1. The fourth-order valence-electron chi connectivity index (χ4n) is 1.23. The molecule has 18 heavy (non-hydrogen) atoms. The summed E-state index contributed by atoms with van der Waals surface area (Å²) in [6.45, 7) is 2.77. The number of rotatable bonds is 10. The van der Waals surface area contributed by atoms with Crippen molar-refractivity contribution >= 4 is 8.80 Å². The Kier molecular flexibility index (Phi) is 9.28. The van der Waals surface area contributed by atoms with Gasteiger partial charge < -0.3 is 23.1 Å². The van der Waals surface area contributed by atoms with Gasteiger partial charge in [0.15, 0.2) is 0 Å². The van der Waals surface area contributed by atoms with Crippen LogP contribution >= 0.6 is 0 Å². The molecule has 0 saturated heterocycles. The van der Waals surface area contributed by atoms with Gasteiger partial charge in [0.25, 0.3) is 0 Å². The fraction of sp³-hybridized carbons (Fsp3) is 0.833. The molecule has 0 rings (SSSR count). The van der Waals surface area contributed by atoms with Gasteiger partial charge >= 0.3 is 8.80 Å². The van der Waals surface area contributed by atoms with Crippen LogP contribution in [0.1, 0.15) is 0 Å². The van der Waals surface area contributed by atoms with Crippen LogP contribution in [-0.2, 0) is 13.3 Å². The molecule has 0 bridgehead atoms. The van der Waals surface area contributed by atoms with Gasteiger partial charge in [0.1, 0.15) is 0 Å². The van der Waals surface area contributed by atoms with E-state index in [1.807, 2.05) is 38.0 Å². The lowest BCUT2D eigenvalue weighted by molar-refractivity contribution is 0.0703. The van der Waals surface area contributed by atoms with Crippen LogP contribution in [0.4, 0.5) is 0 Å². The van der Waals surface area contributed by atoms with E-state index in [1.54, 1.807) is 7.11 Å². The van der Waals surface area contributed by atoms with E-state index in [4.69, 9.17) is 19.7 Å². The first-order valence-corrected chi connectivity index (χ1v) is 7.95. The number of nitrogens with zero attached hydrogens (tertiary/aromatic N) is 2. The van der Waals surface area contributed by atoms with Crippen LogP contribution in [0.3, 0.4) is 0 Å². The molecule has 0 fully saturated rings. The summed E-state index contributed by atoms with van der Waals surface area (Å²) in [5.74, 6) is 2.60. The van der Waals surface area contributed by atoms with Gasteiger partial charge in [-0.25, -0.2) is 0 Å². The first-order chi connectivity index (χ1) is 8.45. The van der Waals surface area contributed by atoms with Gasteiger partial charge in [-0.3, -0.25) is 0 Å². The molecule has 0 N–H and O–H groups in total. The van der Waals surface area contributed by atoms with Gasteiger partial charge in [0, 0.05) is 20.2 Å². The van der Waals surface area contributed by atoms with Crippen molar-refractivity contribution in [3.05, 3.63) is 0 Å². The first-order valence-electron chi connectivity index (χ1n) is 6.02. The summed E-state index contributed by atoms with van der Waals surface area (Å²) in [6, 6.07) is 0.407. The van der Waals surface area contributed by atoms with Gasteiger partial charge in [0.2, 0.25) is 0 Å². The Hall–Kier alpha value is -0.423. The number of terminal acetylenes is 1. The zero-order valence-corrected chi connectivity index (χ0v) is 13.2. The van der Waals surface area contributed by atoms with Crippen LogP contribution in [0.15, 0.2) is 0 Å². The van der Waals surface area contributed by atoms with E-state index in [9.17, 15) is 0 Å². The van der Waals surface area contributed by atoms with E-state index in [0.717, 1.165) is 13.1 Å². The zero-order valence-electron chi connectivity index (χ0n) is 12.2. The van der Waals surface area contributed by atoms with Crippen LogP contribution in [0.5, 0.6) is 0 Å². The quantitative estimate of drug-likeness (QED) is 0.424. The van der Waals surface area contributed by atoms with Gasteiger partial charge in [0.05, 0.1) is 19.3 Å². The molecular formula is C12H26N2O3Si. The molecule has 0 aromatic heterocycles. The van der Waals surface area contributed by atoms with Crippen molar-refractivity contribution in [2.45, 2.75) is 6.04 Å². The normalized spacial score (nSPS) is 12.1. The van der Waals surface area contributed by atoms with E-state index in [0.29, 0.717) is 19.3 Å². The number of hydrogen-bond donors (Lipinski definition) is 0. The molecule has 5 nitrogen and oxygen atoms in total. The highest BCUT2D eigenvalue weighted by Crippen LogP contribution is 2.14. The van der Waals surface area contributed by atoms with E-state index >= 15 is 0 Å². The molecule has 0 spiro atoms. The molecule has 0 saturated carbocycles. The number of likely N-dealkylation sites (N-methyl/N-ethyl adjacent to an activating group) is 2. The SMILES string of the molecule is C#CC[Si](OC)(OCCN(C)C)OCCN(C)C. The Morgan fingerprint density at radius 3 is 1.72 bits per heavy atom. The Morgan fingerprint density at radius 1 is 1.00 bits per heavy atom. The van der Waals surface area contributed by atoms with Gasteiger partial charge in [-0.15, -0.1) is 12.3 Å². The molecule has 0 aromatic rings. The molecule has 0 radical (unpaired) electrons. The highest BCUT2D eigenvalue weighted by Gasteiger charge is 2.39. The third kappa shape index (κ3) is 7.82. The van der Waals surface area contributed by atoms with Crippen LogP contribution < -0.4 is 0 Å². The highest BCUT2D eigenvalue weighted by atomic mass is 28.4. The van der Waals surface area contributed by atoms with Gasteiger partial charge in [-0.05, 0) is 28.2 Å². The second-order valence-electron chi connectivity index (χ2n) is 4.57. The maximum atomic E-state index is 5.80. The van der Waals surface area contributed by atoms with Crippen molar-refractivity contribution in [2.24, 2.45) is 0 Å². The van der Waals surface area contributed by atoms with Gasteiger partial charge in [-0.1, -0.05) is 0 Å². The first kappa shape index (κ1) is 17.6. The molecule has 0 atom stereocenters. The Morgan fingerprint density at radius 2 is 1.44 bits per heavy atom. The molecule has 0 unspecified atom stereocenters. The maximum Gasteiger partial charge on any atom is 0.513 e. The third-order valence-corrected chi connectivity index (χ3v) is 4.90. The van der Waals surface area contributed by atoms with Crippen molar-refractivity contribution in [1.82, 2.24) is 9.80 Å². The average molecular weight is 274 g/mol. The highest BCUT2D eigenvalue weighted by molar-refractivity contribution is 6.61. The van der Waals surface area contributed by atoms with Crippen molar-refractivity contribution in [3.8, 4) is 12.3 Å². The minimum Gasteiger partial charge on any atom is -0.376 e. The lowest BCUT2D eigenvalue weighted by Crippen LogP contribution is -2.47. The predicted octanol–water partition coefficient (Wildman–Crippen LogP) is 0.361. The summed E-state index contributed by atoms with van der Waals surface area (Å²) in [4.78, 5) is 4.09. The second-order valence-corrected chi connectivity index (χ2v) is 7.28. The summed E-state index contributed by atoms with van der Waals surface area (Å²) in [6.07, 6.45) is 5.38. The minimum absolute atomic E-state index is 0.407. The third-order valence-electron chi connectivity index (χ3n) is 2.35. The molecule has 0 aliphatic heterocycles. The molecule has 0 heterocycles. The summed E-state index contributed by atoms with van der Waals surface area (Å²) in [7, 11) is 6.89. The topological polar surface area (TPSA) is 34.2 Å². The Balaban J connectivity index is 4.27. The van der Waals surface area contributed by atoms with Crippen molar-refractivity contribution in [2.75, 3.05) is 61.6 Å². The van der Waals surface area contributed by atoms with Crippen molar-refractivity contribution < 1.29 is 13.3 Å². The molecule has 0 aliphatic carbocycles. The summed E-state index contributed by atoms with van der Waals surface area (Å²) >= 11 is 0. The Labute approximate surface area is 112 Å². The van der Waals surface area contributed by atoms with Crippen LogP contribution in [-0.4, -0.2) is 80.2 Å². The zero-order chi connectivity index (χ0) is 14.0.